The second kappa shape index (κ2) is 9.09. The number of benzene rings is 2. The Morgan fingerprint density at radius 3 is 2.37 bits per heavy atom. The van der Waals surface area contributed by atoms with Crippen molar-refractivity contribution in [2.45, 2.75) is 49.0 Å². The van der Waals surface area contributed by atoms with Gasteiger partial charge in [0.1, 0.15) is 12.1 Å². The van der Waals surface area contributed by atoms with Gasteiger partial charge in [-0.25, -0.2) is 13.2 Å². The van der Waals surface area contributed by atoms with E-state index in [0.29, 0.717) is 31.6 Å². The predicted molar refractivity (Wildman–Crippen MR) is 129 cm³/mol. The van der Waals surface area contributed by atoms with Crippen molar-refractivity contribution in [1.82, 2.24) is 14.5 Å². The number of nitrogens with one attached hydrogen (secondary N) is 2. The van der Waals surface area contributed by atoms with E-state index in [0.717, 1.165) is 41.7 Å². The Hall–Kier alpha value is -3.24. The van der Waals surface area contributed by atoms with Gasteiger partial charge in [0.15, 0.2) is 0 Å². The number of carbonyl (C=O) groups is 3. The summed E-state index contributed by atoms with van der Waals surface area (Å²) in [5.41, 5.74) is 1.07. The molecule has 35 heavy (non-hydrogen) atoms. The molecule has 2 saturated heterocycles. The number of hydrogen-bond acceptors (Lipinski definition) is 5. The van der Waals surface area contributed by atoms with Crippen molar-refractivity contribution in [1.29, 1.82) is 0 Å². The van der Waals surface area contributed by atoms with Gasteiger partial charge in [0.05, 0.1) is 4.90 Å². The zero-order valence-corrected chi connectivity index (χ0v) is 20.1. The number of imide groups is 1. The van der Waals surface area contributed by atoms with E-state index < -0.39 is 40.0 Å². The van der Waals surface area contributed by atoms with E-state index in [-0.39, 0.29) is 4.90 Å². The largest absolute Gasteiger partial charge is 0.325 e. The van der Waals surface area contributed by atoms with Gasteiger partial charge in [-0.1, -0.05) is 37.1 Å². The Morgan fingerprint density at radius 2 is 1.66 bits per heavy atom. The Morgan fingerprint density at radius 1 is 0.971 bits per heavy atom. The number of urea groups is 1. The van der Waals surface area contributed by atoms with Crippen molar-refractivity contribution in [2.24, 2.45) is 0 Å². The number of fused-ring (bicyclic) bond motifs is 2. The molecule has 0 bridgehead atoms. The lowest BCUT2D eigenvalue weighted by atomic mass is 9.92. The number of hydrogen-bond donors (Lipinski definition) is 2. The quantitative estimate of drug-likeness (QED) is 0.618. The van der Waals surface area contributed by atoms with Gasteiger partial charge >= 0.3 is 6.03 Å². The van der Waals surface area contributed by atoms with Crippen LogP contribution in [0, 0.1) is 0 Å². The molecular formula is C25H28N4O5S. The third kappa shape index (κ3) is 4.21. The first-order valence-corrected chi connectivity index (χ1v) is 13.4. The molecule has 0 aromatic heterocycles. The SMILES string of the molecule is O=C(CN1C(=O)N[C@]2(CCc3ccccc32)C1=O)Nc1ccc(S(=O)(=O)N2CCCCCC2)cc1. The minimum atomic E-state index is -3.59. The lowest BCUT2D eigenvalue weighted by molar-refractivity contribution is -0.134. The summed E-state index contributed by atoms with van der Waals surface area (Å²) in [6.45, 7) is 0.597. The van der Waals surface area contributed by atoms with Crippen LogP contribution in [0.3, 0.4) is 0 Å². The highest BCUT2D eigenvalue weighted by Gasteiger charge is 2.55. The van der Waals surface area contributed by atoms with E-state index in [4.69, 9.17) is 0 Å². The summed E-state index contributed by atoms with van der Waals surface area (Å²) >= 11 is 0. The van der Waals surface area contributed by atoms with Crippen LogP contribution in [0.15, 0.2) is 53.4 Å². The fraction of sp³-hybridized carbons (Fsp3) is 0.400. The van der Waals surface area contributed by atoms with E-state index in [1.807, 2.05) is 24.3 Å². The van der Waals surface area contributed by atoms with Gasteiger partial charge in [0.2, 0.25) is 15.9 Å². The molecule has 0 unspecified atom stereocenters. The highest BCUT2D eigenvalue weighted by molar-refractivity contribution is 7.89. The number of aryl methyl sites for hydroxylation is 1. The third-order valence-corrected chi connectivity index (χ3v) is 8.98. The summed E-state index contributed by atoms with van der Waals surface area (Å²) in [7, 11) is -3.59. The van der Waals surface area contributed by atoms with Gasteiger partial charge in [-0.2, -0.15) is 4.31 Å². The highest BCUT2D eigenvalue weighted by atomic mass is 32.2. The number of anilines is 1. The van der Waals surface area contributed by atoms with Crippen LogP contribution in [0.5, 0.6) is 0 Å². The first-order valence-electron chi connectivity index (χ1n) is 11.9. The second-order valence-corrected chi connectivity index (χ2v) is 11.2. The zero-order valence-electron chi connectivity index (χ0n) is 19.3. The van der Waals surface area contributed by atoms with E-state index in [9.17, 15) is 22.8 Å². The van der Waals surface area contributed by atoms with Crippen LogP contribution in [-0.4, -0.2) is 55.1 Å². The molecule has 2 aliphatic heterocycles. The zero-order chi connectivity index (χ0) is 24.6. The van der Waals surface area contributed by atoms with E-state index in [1.54, 1.807) is 0 Å². The molecule has 2 heterocycles. The van der Waals surface area contributed by atoms with Gasteiger partial charge in [0.25, 0.3) is 5.91 Å². The highest BCUT2D eigenvalue weighted by Crippen LogP contribution is 2.41. The minimum Gasteiger partial charge on any atom is -0.325 e. The summed E-state index contributed by atoms with van der Waals surface area (Å²) in [5, 5.41) is 5.46. The molecule has 2 aromatic carbocycles. The third-order valence-electron chi connectivity index (χ3n) is 7.06. The number of carbonyl (C=O) groups excluding carboxylic acids is 3. The molecule has 9 nitrogen and oxygen atoms in total. The summed E-state index contributed by atoms with van der Waals surface area (Å²) in [4.78, 5) is 39.6. The van der Waals surface area contributed by atoms with Gasteiger partial charge in [-0.05, 0) is 61.1 Å². The number of rotatable bonds is 5. The monoisotopic (exact) mass is 496 g/mol. The average molecular weight is 497 g/mol. The molecule has 4 amide bonds. The molecule has 10 heteroatoms. The summed E-state index contributed by atoms with van der Waals surface area (Å²) < 4.78 is 27.4. The minimum absolute atomic E-state index is 0.174. The van der Waals surface area contributed by atoms with Crippen LogP contribution >= 0.6 is 0 Å². The van der Waals surface area contributed by atoms with Crippen molar-refractivity contribution in [3.05, 3.63) is 59.7 Å². The fourth-order valence-corrected chi connectivity index (χ4v) is 6.74. The number of amides is 4. The van der Waals surface area contributed by atoms with E-state index >= 15 is 0 Å². The van der Waals surface area contributed by atoms with Gasteiger partial charge in [0, 0.05) is 18.8 Å². The maximum atomic E-state index is 13.2. The predicted octanol–water partition coefficient (Wildman–Crippen LogP) is 2.58. The molecule has 2 fully saturated rings. The molecule has 0 saturated carbocycles. The van der Waals surface area contributed by atoms with Gasteiger partial charge < -0.3 is 10.6 Å². The van der Waals surface area contributed by atoms with Crippen molar-refractivity contribution in [3.63, 3.8) is 0 Å². The summed E-state index contributed by atoms with van der Waals surface area (Å²) in [6.07, 6.45) is 4.90. The lowest BCUT2D eigenvalue weighted by Gasteiger charge is -2.22. The van der Waals surface area contributed by atoms with Crippen LogP contribution in [-0.2, 0) is 31.6 Å². The molecule has 2 aromatic rings. The van der Waals surface area contributed by atoms with E-state index in [1.165, 1.54) is 28.6 Å². The van der Waals surface area contributed by atoms with Crippen LogP contribution in [0.25, 0.3) is 0 Å². The second-order valence-electron chi connectivity index (χ2n) is 9.27. The van der Waals surface area contributed by atoms with Crippen LogP contribution < -0.4 is 10.6 Å². The summed E-state index contributed by atoms with van der Waals surface area (Å²) in [6, 6.07) is 12.9. The lowest BCUT2D eigenvalue weighted by Crippen LogP contribution is -2.43. The van der Waals surface area contributed by atoms with Gasteiger partial charge in [-0.15, -0.1) is 0 Å². The van der Waals surface area contributed by atoms with E-state index in [2.05, 4.69) is 10.6 Å². The molecule has 0 radical (unpaired) electrons. The first-order chi connectivity index (χ1) is 16.8. The number of nitrogens with zero attached hydrogens (tertiary/aromatic N) is 2. The molecule has 1 atom stereocenters. The smallest absolute Gasteiger partial charge is 0.325 e. The Kier molecular flexibility index (Phi) is 6.10. The average Bonchev–Trinajstić information content (AvgIpc) is 3.16. The standard InChI is InChI=1S/C25H28N4O5S/c30-22(17-29-23(31)25(27-24(29)32)14-13-18-7-3-4-8-21(18)25)26-19-9-11-20(12-10-19)35(33,34)28-15-5-1-2-6-16-28/h3-4,7-12H,1-2,5-6,13-17H2,(H,26,30)(H,27,32)/t25-/m0/s1. The Labute approximate surface area is 204 Å². The molecule has 184 valence electrons. The molecule has 1 aliphatic carbocycles. The molecular weight excluding hydrogens is 468 g/mol. The molecule has 3 aliphatic rings. The topological polar surface area (TPSA) is 116 Å². The van der Waals surface area contributed by atoms with Crippen molar-refractivity contribution >= 4 is 33.6 Å². The first kappa shape index (κ1) is 23.5. The van der Waals surface area contributed by atoms with Crippen molar-refractivity contribution in [3.8, 4) is 0 Å². The Balaban J connectivity index is 1.25. The normalized spacial score (nSPS) is 22.7. The summed E-state index contributed by atoms with van der Waals surface area (Å²) in [5.74, 6) is -0.971. The molecule has 1 spiro atoms. The van der Waals surface area contributed by atoms with Crippen LogP contribution in [0.4, 0.5) is 10.5 Å². The van der Waals surface area contributed by atoms with Crippen LogP contribution in [0.2, 0.25) is 0 Å². The maximum Gasteiger partial charge on any atom is 0.325 e. The van der Waals surface area contributed by atoms with Crippen LogP contribution in [0.1, 0.15) is 43.2 Å². The molecule has 5 rings (SSSR count). The van der Waals surface area contributed by atoms with Crippen molar-refractivity contribution < 1.29 is 22.8 Å². The Bertz CT molecular complexity index is 1270. The number of sulfonamides is 1. The van der Waals surface area contributed by atoms with Crippen molar-refractivity contribution in [2.75, 3.05) is 25.0 Å². The maximum absolute atomic E-state index is 13.2. The molecule has 2 N–H and O–H groups in total. The van der Waals surface area contributed by atoms with Gasteiger partial charge in [-0.3, -0.25) is 14.5 Å². The fourth-order valence-electron chi connectivity index (χ4n) is 5.22.